The minimum absolute atomic E-state index is 0.177. The Labute approximate surface area is 93.3 Å². The zero-order chi connectivity index (χ0) is 11.4. The molecular weight excluding hydrogens is 204 g/mol. The van der Waals surface area contributed by atoms with Crippen LogP contribution in [0.5, 0.6) is 11.5 Å². The van der Waals surface area contributed by atoms with E-state index in [1.807, 2.05) is 0 Å². The summed E-state index contributed by atoms with van der Waals surface area (Å²) >= 11 is 0. The number of nitrogen functional groups attached to an aromatic ring is 1. The molecular formula is C12H12N2O2. The zero-order valence-electron chi connectivity index (χ0n) is 8.63. The Hall–Kier alpha value is -2.23. The van der Waals surface area contributed by atoms with Gasteiger partial charge >= 0.3 is 0 Å². The van der Waals surface area contributed by atoms with Gasteiger partial charge in [-0.1, -0.05) is 6.07 Å². The van der Waals surface area contributed by atoms with Crippen molar-refractivity contribution in [2.24, 2.45) is 0 Å². The van der Waals surface area contributed by atoms with Crippen LogP contribution in [0, 0.1) is 0 Å². The lowest BCUT2D eigenvalue weighted by molar-refractivity contribution is 0.304. The van der Waals surface area contributed by atoms with Crippen LogP contribution in [-0.2, 0) is 6.61 Å². The van der Waals surface area contributed by atoms with Gasteiger partial charge in [0.05, 0.1) is 0 Å². The molecule has 2 aromatic rings. The fourth-order valence-electron chi connectivity index (χ4n) is 1.29. The highest BCUT2D eigenvalue weighted by atomic mass is 16.5. The zero-order valence-corrected chi connectivity index (χ0v) is 8.63. The van der Waals surface area contributed by atoms with Gasteiger partial charge in [0.2, 0.25) is 0 Å². The summed E-state index contributed by atoms with van der Waals surface area (Å²) in [6.07, 6.45) is 3.30. The van der Waals surface area contributed by atoms with E-state index in [-0.39, 0.29) is 5.75 Å². The Morgan fingerprint density at radius 2 is 2.19 bits per heavy atom. The first-order chi connectivity index (χ1) is 7.75. The number of hydrogen-bond acceptors (Lipinski definition) is 4. The van der Waals surface area contributed by atoms with Gasteiger partial charge in [-0.05, 0) is 18.2 Å². The van der Waals surface area contributed by atoms with Gasteiger partial charge in [-0.3, -0.25) is 4.98 Å². The average molecular weight is 216 g/mol. The Morgan fingerprint density at radius 3 is 2.94 bits per heavy atom. The molecule has 0 atom stereocenters. The maximum Gasteiger partial charge on any atom is 0.123 e. The Kier molecular flexibility index (Phi) is 2.91. The SMILES string of the molecule is Nc1ccncc1COc1cccc(O)c1. The molecule has 82 valence electrons. The molecule has 1 aromatic heterocycles. The molecule has 16 heavy (non-hydrogen) atoms. The molecule has 2 rings (SSSR count). The van der Waals surface area contributed by atoms with Crippen molar-refractivity contribution in [1.82, 2.24) is 4.98 Å². The van der Waals surface area contributed by atoms with Crippen molar-refractivity contribution in [2.75, 3.05) is 5.73 Å². The Morgan fingerprint density at radius 1 is 1.31 bits per heavy atom. The summed E-state index contributed by atoms with van der Waals surface area (Å²) in [5.74, 6) is 0.778. The highest BCUT2D eigenvalue weighted by molar-refractivity contribution is 5.44. The maximum absolute atomic E-state index is 9.25. The van der Waals surface area contributed by atoms with Crippen molar-refractivity contribution in [3.8, 4) is 11.5 Å². The molecule has 0 saturated heterocycles. The predicted octanol–water partition coefficient (Wildman–Crippen LogP) is 1.95. The van der Waals surface area contributed by atoms with Gasteiger partial charge in [0, 0.05) is 29.7 Å². The van der Waals surface area contributed by atoms with Crippen LogP contribution in [0.15, 0.2) is 42.7 Å². The molecule has 0 aliphatic rings. The van der Waals surface area contributed by atoms with Gasteiger partial charge in [-0.25, -0.2) is 0 Å². The summed E-state index contributed by atoms with van der Waals surface area (Å²) in [5, 5.41) is 9.25. The molecule has 0 radical (unpaired) electrons. The van der Waals surface area contributed by atoms with E-state index in [1.165, 1.54) is 0 Å². The van der Waals surface area contributed by atoms with Gasteiger partial charge in [0.25, 0.3) is 0 Å². The average Bonchev–Trinajstić information content (AvgIpc) is 2.28. The summed E-state index contributed by atoms with van der Waals surface area (Å²) in [7, 11) is 0. The Bertz CT molecular complexity index is 486. The molecule has 1 heterocycles. The predicted molar refractivity (Wildman–Crippen MR) is 61.1 cm³/mol. The lowest BCUT2D eigenvalue weighted by Crippen LogP contribution is -2.00. The minimum atomic E-state index is 0.177. The largest absolute Gasteiger partial charge is 0.508 e. The van der Waals surface area contributed by atoms with E-state index in [4.69, 9.17) is 10.5 Å². The molecule has 1 aromatic carbocycles. The molecule has 0 aliphatic carbocycles. The molecule has 0 aliphatic heterocycles. The van der Waals surface area contributed by atoms with Crippen molar-refractivity contribution in [3.63, 3.8) is 0 Å². The normalized spacial score (nSPS) is 10.0. The van der Waals surface area contributed by atoms with Crippen LogP contribution in [0.2, 0.25) is 0 Å². The van der Waals surface area contributed by atoms with Crippen LogP contribution >= 0.6 is 0 Å². The van der Waals surface area contributed by atoms with Crippen LogP contribution in [-0.4, -0.2) is 10.1 Å². The second-order valence-corrected chi connectivity index (χ2v) is 3.36. The molecule has 4 nitrogen and oxygen atoms in total. The number of rotatable bonds is 3. The van der Waals surface area contributed by atoms with Crippen LogP contribution in [0.25, 0.3) is 0 Å². The number of hydrogen-bond donors (Lipinski definition) is 2. The first-order valence-electron chi connectivity index (χ1n) is 4.86. The summed E-state index contributed by atoms with van der Waals surface area (Å²) in [6, 6.07) is 8.35. The minimum Gasteiger partial charge on any atom is -0.508 e. The van der Waals surface area contributed by atoms with E-state index in [0.717, 1.165) is 5.56 Å². The molecule has 0 unspecified atom stereocenters. The van der Waals surface area contributed by atoms with Gasteiger partial charge < -0.3 is 15.6 Å². The molecule has 3 N–H and O–H groups in total. The number of benzene rings is 1. The Balaban J connectivity index is 2.05. The van der Waals surface area contributed by atoms with Crippen molar-refractivity contribution in [3.05, 3.63) is 48.3 Å². The van der Waals surface area contributed by atoms with Crippen molar-refractivity contribution in [2.45, 2.75) is 6.61 Å². The van der Waals surface area contributed by atoms with E-state index in [1.54, 1.807) is 42.7 Å². The number of pyridine rings is 1. The van der Waals surface area contributed by atoms with Gasteiger partial charge in [0.1, 0.15) is 18.1 Å². The third-order valence-corrected chi connectivity index (χ3v) is 2.15. The first-order valence-corrected chi connectivity index (χ1v) is 4.86. The van der Waals surface area contributed by atoms with Crippen LogP contribution < -0.4 is 10.5 Å². The number of aromatic hydroxyl groups is 1. The highest BCUT2D eigenvalue weighted by Gasteiger charge is 2.00. The highest BCUT2D eigenvalue weighted by Crippen LogP contribution is 2.19. The quantitative estimate of drug-likeness (QED) is 0.822. The molecule has 0 spiro atoms. The van der Waals surface area contributed by atoms with Gasteiger partial charge in [-0.15, -0.1) is 0 Å². The van der Waals surface area contributed by atoms with E-state index in [0.29, 0.717) is 18.0 Å². The second kappa shape index (κ2) is 4.53. The fourth-order valence-corrected chi connectivity index (χ4v) is 1.29. The second-order valence-electron chi connectivity index (χ2n) is 3.36. The fraction of sp³-hybridized carbons (Fsp3) is 0.0833. The molecule has 4 heteroatoms. The van der Waals surface area contributed by atoms with Crippen LogP contribution in [0.1, 0.15) is 5.56 Å². The summed E-state index contributed by atoms with van der Waals surface area (Å²) in [5.41, 5.74) is 7.22. The first kappa shape index (κ1) is 10.3. The standard InChI is InChI=1S/C12H12N2O2/c13-12-4-5-14-7-9(12)8-16-11-3-1-2-10(15)6-11/h1-7,15H,8H2,(H2,13,14). The topological polar surface area (TPSA) is 68.4 Å². The summed E-state index contributed by atoms with van der Waals surface area (Å²) in [6.45, 7) is 0.336. The van der Waals surface area contributed by atoms with E-state index < -0.39 is 0 Å². The van der Waals surface area contributed by atoms with Crippen LogP contribution in [0.4, 0.5) is 5.69 Å². The number of ether oxygens (including phenoxy) is 1. The lowest BCUT2D eigenvalue weighted by atomic mass is 10.2. The third-order valence-electron chi connectivity index (χ3n) is 2.15. The van der Waals surface area contributed by atoms with Gasteiger partial charge in [0.15, 0.2) is 0 Å². The number of aromatic nitrogens is 1. The van der Waals surface area contributed by atoms with Crippen molar-refractivity contribution >= 4 is 5.69 Å². The smallest absolute Gasteiger partial charge is 0.123 e. The number of phenols is 1. The van der Waals surface area contributed by atoms with Gasteiger partial charge in [-0.2, -0.15) is 0 Å². The van der Waals surface area contributed by atoms with E-state index >= 15 is 0 Å². The summed E-state index contributed by atoms with van der Waals surface area (Å²) < 4.78 is 5.47. The molecule has 0 fully saturated rings. The number of nitrogens with two attached hydrogens (primary N) is 1. The summed E-state index contributed by atoms with van der Waals surface area (Å²) in [4.78, 5) is 3.97. The number of nitrogens with zero attached hydrogens (tertiary/aromatic N) is 1. The molecule has 0 bridgehead atoms. The third kappa shape index (κ3) is 2.42. The molecule has 0 amide bonds. The van der Waals surface area contributed by atoms with E-state index in [9.17, 15) is 5.11 Å². The van der Waals surface area contributed by atoms with E-state index in [2.05, 4.69) is 4.98 Å². The lowest BCUT2D eigenvalue weighted by Gasteiger charge is -2.07. The van der Waals surface area contributed by atoms with Crippen LogP contribution in [0.3, 0.4) is 0 Å². The number of phenolic OH excluding ortho intramolecular Hbond substituents is 1. The molecule has 0 saturated carbocycles. The van der Waals surface area contributed by atoms with Crippen molar-refractivity contribution < 1.29 is 9.84 Å². The van der Waals surface area contributed by atoms with Crippen molar-refractivity contribution in [1.29, 1.82) is 0 Å². The maximum atomic E-state index is 9.25. The number of anilines is 1. The monoisotopic (exact) mass is 216 g/mol.